The number of anilines is 1. The predicted octanol–water partition coefficient (Wildman–Crippen LogP) is 1.47. The number of aromatic nitrogens is 1. The van der Waals surface area contributed by atoms with Gasteiger partial charge in [-0.15, -0.1) is 0 Å². The van der Waals surface area contributed by atoms with Crippen molar-refractivity contribution < 1.29 is 9.53 Å². The molecular weight excluding hydrogens is 298 g/mol. The summed E-state index contributed by atoms with van der Waals surface area (Å²) < 4.78 is 6.10. The molecule has 1 atom stereocenters. The van der Waals surface area contributed by atoms with Crippen LogP contribution in [-0.2, 0) is 9.53 Å². The third-order valence-electron chi connectivity index (χ3n) is 2.73. The highest BCUT2D eigenvalue weighted by Crippen LogP contribution is 2.17. The van der Waals surface area contributed by atoms with Gasteiger partial charge < -0.3 is 15.4 Å². The van der Waals surface area contributed by atoms with Crippen molar-refractivity contribution in [1.29, 1.82) is 0 Å². The molecule has 1 aromatic rings. The van der Waals surface area contributed by atoms with E-state index in [0.29, 0.717) is 19.6 Å². The van der Waals surface area contributed by atoms with Gasteiger partial charge in [0, 0.05) is 19.0 Å². The van der Waals surface area contributed by atoms with Crippen LogP contribution in [0.4, 0.5) is 5.69 Å². The van der Waals surface area contributed by atoms with E-state index in [2.05, 4.69) is 31.5 Å². The lowest BCUT2D eigenvalue weighted by atomic mass is 10.2. The zero-order chi connectivity index (χ0) is 13.0. The molecule has 1 unspecified atom stereocenters. The van der Waals surface area contributed by atoms with Crippen LogP contribution in [0.25, 0.3) is 0 Å². The average molecular weight is 314 g/mol. The van der Waals surface area contributed by atoms with E-state index in [1.165, 1.54) is 0 Å². The minimum absolute atomic E-state index is 0.0264. The third kappa shape index (κ3) is 3.76. The molecule has 1 aromatic heterocycles. The SMILES string of the molecule is Cc1cc(NC(=O)CC2COCCN2)cnc1Br. The second kappa shape index (κ2) is 6.26. The number of aryl methyl sites for hydroxylation is 1. The van der Waals surface area contributed by atoms with Crippen LogP contribution in [0, 0.1) is 6.92 Å². The van der Waals surface area contributed by atoms with Gasteiger partial charge in [-0.2, -0.15) is 0 Å². The summed E-state index contributed by atoms with van der Waals surface area (Å²) in [5.41, 5.74) is 1.71. The van der Waals surface area contributed by atoms with Crippen LogP contribution in [-0.4, -0.2) is 36.7 Å². The number of pyridine rings is 1. The molecule has 2 N–H and O–H groups in total. The van der Waals surface area contributed by atoms with Crippen molar-refractivity contribution >= 4 is 27.5 Å². The summed E-state index contributed by atoms with van der Waals surface area (Å²) in [5.74, 6) is -0.0264. The number of carbonyl (C=O) groups is 1. The molecule has 0 aromatic carbocycles. The van der Waals surface area contributed by atoms with E-state index >= 15 is 0 Å². The van der Waals surface area contributed by atoms with Crippen molar-refractivity contribution in [2.75, 3.05) is 25.1 Å². The van der Waals surface area contributed by atoms with E-state index in [1.54, 1.807) is 6.20 Å². The van der Waals surface area contributed by atoms with Crippen LogP contribution < -0.4 is 10.6 Å². The van der Waals surface area contributed by atoms with Gasteiger partial charge in [0.2, 0.25) is 5.91 Å². The molecule has 5 nitrogen and oxygen atoms in total. The van der Waals surface area contributed by atoms with E-state index < -0.39 is 0 Å². The molecule has 0 radical (unpaired) electrons. The molecule has 0 saturated carbocycles. The van der Waals surface area contributed by atoms with Crippen LogP contribution in [0.2, 0.25) is 0 Å². The monoisotopic (exact) mass is 313 g/mol. The molecular formula is C12H16BrN3O2. The van der Waals surface area contributed by atoms with Gasteiger partial charge in [0.05, 0.1) is 25.1 Å². The minimum atomic E-state index is -0.0264. The van der Waals surface area contributed by atoms with E-state index in [4.69, 9.17) is 4.74 Å². The van der Waals surface area contributed by atoms with Gasteiger partial charge in [0.15, 0.2) is 0 Å². The number of rotatable bonds is 3. The summed E-state index contributed by atoms with van der Waals surface area (Å²) in [6.07, 6.45) is 2.05. The fourth-order valence-electron chi connectivity index (χ4n) is 1.81. The van der Waals surface area contributed by atoms with Crippen LogP contribution >= 0.6 is 15.9 Å². The van der Waals surface area contributed by atoms with Crippen LogP contribution in [0.15, 0.2) is 16.9 Å². The highest BCUT2D eigenvalue weighted by atomic mass is 79.9. The summed E-state index contributed by atoms with van der Waals surface area (Å²) in [4.78, 5) is 16.0. The van der Waals surface area contributed by atoms with Crippen molar-refractivity contribution in [2.45, 2.75) is 19.4 Å². The summed E-state index contributed by atoms with van der Waals surface area (Å²) in [5, 5.41) is 6.09. The Kier molecular flexibility index (Phi) is 4.68. The highest BCUT2D eigenvalue weighted by molar-refractivity contribution is 9.10. The van der Waals surface area contributed by atoms with Crippen molar-refractivity contribution in [3.8, 4) is 0 Å². The predicted molar refractivity (Wildman–Crippen MR) is 72.5 cm³/mol. The molecule has 6 heteroatoms. The Labute approximate surface area is 114 Å². The Balaban J connectivity index is 1.88. The maximum Gasteiger partial charge on any atom is 0.226 e. The first-order valence-electron chi connectivity index (χ1n) is 5.88. The second-order valence-electron chi connectivity index (χ2n) is 4.31. The Hall–Kier alpha value is -0.980. The van der Waals surface area contributed by atoms with Gasteiger partial charge in [-0.1, -0.05) is 0 Å². The Morgan fingerprint density at radius 3 is 3.22 bits per heavy atom. The van der Waals surface area contributed by atoms with Crippen molar-refractivity contribution in [3.63, 3.8) is 0 Å². The van der Waals surface area contributed by atoms with Gasteiger partial charge >= 0.3 is 0 Å². The minimum Gasteiger partial charge on any atom is -0.378 e. The number of halogens is 1. The summed E-state index contributed by atoms with van der Waals surface area (Å²) in [7, 11) is 0. The lowest BCUT2D eigenvalue weighted by Crippen LogP contribution is -2.43. The van der Waals surface area contributed by atoms with Crippen LogP contribution in [0.1, 0.15) is 12.0 Å². The van der Waals surface area contributed by atoms with Gasteiger partial charge in [0.1, 0.15) is 4.60 Å². The molecule has 1 aliphatic rings. The number of hydrogen-bond donors (Lipinski definition) is 2. The summed E-state index contributed by atoms with van der Waals surface area (Å²) >= 11 is 3.32. The molecule has 1 amide bonds. The molecule has 2 rings (SSSR count). The van der Waals surface area contributed by atoms with Crippen molar-refractivity contribution in [1.82, 2.24) is 10.3 Å². The highest BCUT2D eigenvalue weighted by Gasteiger charge is 2.16. The third-order valence-corrected chi connectivity index (χ3v) is 3.56. The first-order valence-corrected chi connectivity index (χ1v) is 6.67. The Morgan fingerprint density at radius 1 is 1.72 bits per heavy atom. The van der Waals surface area contributed by atoms with Gasteiger partial charge in [-0.3, -0.25) is 4.79 Å². The molecule has 2 heterocycles. The molecule has 18 heavy (non-hydrogen) atoms. The first-order chi connectivity index (χ1) is 8.65. The van der Waals surface area contributed by atoms with Crippen LogP contribution in [0.5, 0.6) is 0 Å². The standard InChI is InChI=1S/C12H16BrN3O2/c1-8-4-9(6-15-12(8)13)16-11(17)5-10-7-18-3-2-14-10/h4,6,10,14H,2-3,5,7H2,1H3,(H,16,17). The average Bonchev–Trinajstić information content (AvgIpc) is 2.35. The largest absolute Gasteiger partial charge is 0.378 e. The second-order valence-corrected chi connectivity index (χ2v) is 5.06. The smallest absolute Gasteiger partial charge is 0.226 e. The zero-order valence-electron chi connectivity index (χ0n) is 10.2. The first kappa shape index (κ1) is 13.5. The quantitative estimate of drug-likeness (QED) is 0.830. The molecule has 1 aliphatic heterocycles. The number of nitrogens with one attached hydrogen (secondary N) is 2. The molecule has 98 valence electrons. The molecule has 0 spiro atoms. The molecule has 0 aliphatic carbocycles. The molecule has 1 saturated heterocycles. The number of nitrogens with zero attached hydrogens (tertiary/aromatic N) is 1. The van der Waals surface area contributed by atoms with Crippen LogP contribution in [0.3, 0.4) is 0 Å². The van der Waals surface area contributed by atoms with Crippen molar-refractivity contribution in [2.24, 2.45) is 0 Å². The lowest BCUT2D eigenvalue weighted by Gasteiger charge is -2.23. The van der Waals surface area contributed by atoms with E-state index in [1.807, 2.05) is 13.0 Å². The normalized spacial score (nSPS) is 19.6. The maximum atomic E-state index is 11.8. The number of hydrogen-bond acceptors (Lipinski definition) is 4. The lowest BCUT2D eigenvalue weighted by molar-refractivity contribution is -0.117. The topological polar surface area (TPSA) is 63.2 Å². The maximum absolute atomic E-state index is 11.8. The van der Waals surface area contributed by atoms with Gasteiger partial charge in [-0.25, -0.2) is 4.98 Å². The number of amides is 1. The number of carbonyl (C=O) groups excluding carboxylic acids is 1. The van der Waals surface area contributed by atoms with Gasteiger partial charge in [0.25, 0.3) is 0 Å². The Morgan fingerprint density at radius 2 is 2.56 bits per heavy atom. The molecule has 1 fully saturated rings. The zero-order valence-corrected chi connectivity index (χ0v) is 11.8. The van der Waals surface area contributed by atoms with Crippen molar-refractivity contribution in [3.05, 3.63) is 22.4 Å². The van der Waals surface area contributed by atoms with E-state index in [9.17, 15) is 4.79 Å². The summed E-state index contributed by atoms with van der Waals surface area (Å²) in [6, 6.07) is 1.99. The number of morpholine rings is 1. The number of ether oxygens (including phenoxy) is 1. The summed E-state index contributed by atoms with van der Waals surface area (Å²) in [6.45, 7) is 4.04. The van der Waals surface area contributed by atoms with E-state index in [-0.39, 0.29) is 11.9 Å². The van der Waals surface area contributed by atoms with E-state index in [0.717, 1.165) is 22.4 Å². The fourth-order valence-corrected chi connectivity index (χ4v) is 2.03. The Bertz CT molecular complexity index is 433. The molecule has 0 bridgehead atoms. The fraction of sp³-hybridized carbons (Fsp3) is 0.500. The van der Waals surface area contributed by atoms with Gasteiger partial charge in [-0.05, 0) is 34.5 Å².